The van der Waals surface area contributed by atoms with Gasteiger partial charge in [0.1, 0.15) is 0 Å². The zero-order chi connectivity index (χ0) is 5.54. The average Bonchev–Trinajstić information content (AvgIpc) is 1.69. The Labute approximate surface area is 102 Å². The largest absolute Gasteiger partial charge is 2.00 e. The van der Waals surface area contributed by atoms with Crippen LogP contribution < -0.4 is 24.8 Å². The van der Waals surface area contributed by atoms with Crippen LogP contribution in [0.25, 0.3) is 0 Å². The number of rotatable bonds is 4. The molecule has 0 amide bonds. The quantitative estimate of drug-likeness (QED) is 0.245. The molecular weight excluding hydrogens is 192 g/mol. The van der Waals surface area contributed by atoms with Crippen LogP contribution in [0, 0.1) is 0 Å². The smallest absolute Gasteiger partial charge is 1.00 e. The molecule has 0 saturated heterocycles. The van der Waals surface area contributed by atoms with Gasteiger partial charge in [-0.05, 0) is 0 Å². The Bertz CT molecular complexity index is 58.8. The molecule has 0 aromatic carbocycles. The summed E-state index contributed by atoms with van der Waals surface area (Å²) in [6, 6.07) is 0. The summed E-state index contributed by atoms with van der Waals surface area (Å²) in [4.78, 5) is 0. The SMILES string of the molecule is C=C[CH2][Mg][CH2]C=C.[Cl-].[Cl-].[Mg+2]. The van der Waals surface area contributed by atoms with Gasteiger partial charge in [-0.1, -0.05) is 0 Å². The summed E-state index contributed by atoms with van der Waals surface area (Å²) in [6.07, 6.45) is 3.99. The zero-order valence-electron chi connectivity index (χ0n) is 6.15. The minimum absolute atomic E-state index is 0. The van der Waals surface area contributed by atoms with Gasteiger partial charge in [0.05, 0.1) is 0 Å². The van der Waals surface area contributed by atoms with Crippen LogP contribution in [-0.2, 0) is 0 Å². The average molecular weight is 202 g/mol. The second kappa shape index (κ2) is 22.4. The molecule has 0 atom stereocenters. The van der Waals surface area contributed by atoms with E-state index in [0.717, 1.165) is 0 Å². The van der Waals surface area contributed by atoms with Crippen LogP contribution in [-0.4, -0.2) is 43.4 Å². The predicted molar refractivity (Wildman–Crippen MR) is 41.5 cm³/mol. The molecule has 0 fully saturated rings. The van der Waals surface area contributed by atoms with E-state index < -0.39 is 0 Å². The van der Waals surface area contributed by atoms with E-state index in [1.165, 1.54) is 9.10 Å². The molecular formula is C6H10Cl2Mg2. The Hall–Kier alpha value is 1.59. The second-order valence-corrected chi connectivity index (χ2v) is 3.37. The molecule has 0 N–H and O–H groups in total. The zero-order valence-corrected chi connectivity index (χ0v) is 10.5. The predicted octanol–water partition coefficient (Wildman–Crippen LogP) is -4.47. The minimum Gasteiger partial charge on any atom is -1.00 e. The molecule has 0 saturated carbocycles. The van der Waals surface area contributed by atoms with E-state index in [1.54, 1.807) is 0 Å². The topological polar surface area (TPSA) is 0 Å². The van der Waals surface area contributed by atoms with Crippen molar-refractivity contribution >= 4 is 43.4 Å². The number of allylic oxidation sites excluding steroid dienone is 2. The van der Waals surface area contributed by atoms with Crippen LogP contribution in [0.5, 0.6) is 0 Å². The van der Waals surface area contributed by atoms with Crippen LogP contribution in [0.15, 0.2) is 25.3 Å². The molecule has 0 heterocycles. The van der Waals surface area contributed by atoms with E-state index >= 15 is 0 Å². The number of hydrogen-bond donors (Lipinski definition) is 0. The summed E-state index contributed by atoms with van der Waals surface area (Å²) in [5.41, 5.74) is 0. The first-order valence-corrected chi connectivity index (χ1v) is 4.63. The van der Waals surface area contributed by atoms with E-state index in [-0.39, 0.29) is 68.2 Å². The van der Waals surface area contributed by atoms with Gasteiger partial charge >= 0.3 is 43.4 Å². The van der Waals surface area contributed by atoms with Crippen molar-refractivity contribution in [3.05, 3.63) is 25.3 Å². The van der Waals surface area contributed by atoms with Crippen LogP contribution >= 0.6 is 0 Å². The van der Waals surface area contributed by atoms with Gasteiger partial charge in [0, 0.05) is 0 Å². The molecule has 4 heteroatoms. The molecule has 10 heavy (non-hydrogen) atoms. The van der Waals surface area contributed by atoms with Gasteiger partial charge in [-0.15, -0.1) is 34.4 Å². The molecule has 0 radical (unpaired) electrons. The molecule has 0 aliphatic carbocycles. The van der Waals surface area contributed by atoms with Crippen molar-refractivity contribution in [3.8, 4) is 0 Å². The number of hydrogen-bond acceptors (Lipinski definition) is 0. The van der Waals surface area contributed by atoms with Crippen molar-refractivity contribution < 1.29 is 24.8 Å². The third-order valence-corrected chi connectivity index (χ3v) is 2.45. The van der Waals surface area contributed by atoms with Crippen molar-refractivity contribution in [1.29, 1.82) is 0 Å². The van der Waals surface area contributed by atoms with Gasteiger partial charge in [-0.2, -0.15) is 0 Å². The molecule has 52 valence electrons. The summed E-state index contributed by atoms with van der Waals surface area (Å²) in [5.74, 6) is 0. The summed E-state index contributed by atoms with van der Waals surface area (Å²) >= 11 is 0.175. The van der Waals surface area contributed by atoms with E-state index in [4.69, 9.17) is 0 Å². The fourth-order valence-electron chi connectivity index (χ4n) is 0.407. The molecule has 0 aromatic rings. The summed E-state index contributed by atoms with van der Waals surface area (Å²) in [7, 11) is 0. The van der Waals surface area contributed by atoms with Crippen molar-refractivity contribution in [1.82, 2.24) is 0 Å². The van der Waals surface area contributed by atoms with Gasteiger partial charge in [-0.25, -0.2) is 0 Å². The molecule has 0 aromatic heterocycles. The third kappa shape index (κ3) is 22.6. The summed E-state index contributed by atoms with van der Waals surface area (Å²) in [5, 5.41) is 0. The van der Waals surface area contributed by atoms with E-state index in [2.05, 4.69) is 13.2 Å². The second-order valence-electron chi connectivity index (χ2n) is 1.51. The molecule has 0 rings (SSSR count). The van der Waals surface area contributed by atoms with Gasteiger partial charge < -0.3 is 24.8 Å². The molecule has 0 aliphatic rings. The van der Waals surface area contributed by atoms with Crippen LogP contribution in [0.4, 0.5) is 0 Å². The summed E-state index contributed by atoms with van der Waals surface area (Å²) < 4.78 is 2.51. The van der Waals surface area contributed by atoms with Crippen molar-refractivity contribution in [2.75, 3.05) is 0 Å². The monoisotopic (exact) mass is 200 g/mol. The Balaban J connectivity index is -0.0000000600. The van der Waals surface area contributed by atoms with E-state index in [9.17, 15) is 0 Å². The van der Waals surface area contributed by atoms with Crippen LogP contribution in [0.2, 0.25) is 9.10 Å². The first-order valence-electron chi connectivity index (χ1n) is 2.63. The molecule has 0 unspecified atom stereocenters. The molecule has 0 spiro atoms. The molecule has 0 bridgehead atoms. The first-order chi connectivity index (χ1) is 3.41. The number of halogens is 2. The molecule has 0 nitrogen and oxygen atoms in total. The van der Waals surface area contributed by atoms with Crippen LogP contribution in [0.1, 0.15) is 0 Å². The Morgan fingerprint density at radius 2 is 1.30 bits per heavy atom. The van der Waals surface area contributed by atoms with Crippen LogP contribution in [0.3, 0.4) is 0 Å². The van der Waals surface area contributed by atoms with Gasteiger partial charge in [-0.3, -0.25) is 0 Å². The van der Waals surface area contributed by atoms with Crippen molar-refractivity contribution in [2.24, 2.45) is 0 Å². The van der Waals surface area contributed by atoms with E-state index in [0.29, 0.717) is 0 Å². The fraction of sp³-hybridized carbons (Fsp3) is 0.333. The standard InChI is InChI=1S/2C3H5.2ClH.2Mg/c2*1-3-2;;;;/h2*3H,1-2H2;2*1H;;/q;;;;;+2/p-2. The van der Waals surface area contributed by atoms with Gasteiger partial charge in [0.2, 0.25) is 0 Å². The maximum atomic E-state index is 3.63. The van der Waals surface area contributed by atoms with Crippen molar-refractivity contribution in [3.63, 3.8) is 0 Å². The third-order valence-electron chi connectivity index (χ3n) is 0.816. The Morgan fingerprint density at radius 1 is 1.00 bits per heavy atom. The Kier molecular flexibility index (Phi) is 50.6. The fourth-order valence-corrected chi connectivity index (χ4v) is 1.22. The minimum atomic E-state index is 0. The van der Waals surface area contributed by atoms with Crippen molar-refractivity contribution in [2.45, 2.75) is 9.10 Å². The maximum Gasteiger partial charge on any atom is 2.00 e. The molecule has 0 aliphatic heterocycles. The van der Waals surface area contributed by atoms with E-state index in [1.807, 2.05) is 12.2 Å². The Morgan fingerprint density at radius 3 is 1.50 bits per heavy atom. The summed E-state index contributed by atoms with van der Waals surface area (Å²) in [6.45, 7) is 7.27. The maximum absolute atomic E-state index is 3.63. The van der Waals surface area contributed by atoms with Gasteiger partial charge in [0.25, 0.3) is 0 Å². The first kappa shape index (κ1) is 22.6. The van der Waals surface area contributed by atoms with Gasteiger partial charge in [0.15, 0.2) is 0 Å². The normalized spacial score (nSPS) is 4.80.